The number of aryl methyl sites for hydroxylation is 1. The first-order valence-corrected chi connectivity index (χ1v) is 35.1. The SMILES string of the molecule is COc1cc(Br)c(C(CCCc2ccc(O)cc2)C(N)=O)cc1O.COc1cc(Br)c2c3c1OC1CC(=O)C=C(CCC2C(N)=O)C31.[C-]#N.[C-]#N.[C-]#N.[C-]#N.[C-]#N.[C-]#N.[Fe+6].[H-].[K+].[K][K]. The Morgan fingerprint density at radius 2 is 1.38 bits per heavy atom. The van der Waals surface area contributed by atoms with Crippen LogP contribution in [0.5, 0.6) is 28.7 Å². The number of hydrogen-bond acceptors (Lipinski definition) is 14. The third-order valence-corrected chi connectivity index (χ3v) is 10.3. The molecule has 0 aromatic heterocycles. The minimum absolute atomic E-state index is 0. The summed E-state index contributed by atoms with van der Waals surface area (Å²) in [6.07, 6.45) is 5.21. The fraction of sp³-hybridized carbons (Fsp3) is 0.293. The zero-order chi connectivity index (χ0) is 48.0. The first-order valence-electron chi connectivity index (χ1n) is 17.5. The number of nitrogens with zero attached hydrogens (tertiary/aromatic N) is 6. The van der Waals surface area contributed by atoms with E-state index in [0.29, 0.717) is 53.0 Å². The van der Waals surface area contributed by atoms with Crippen LogP contribution in [-0.4, -0.2) is 111 Å². The number of allylic oxidation sites excluding steroid dienone is 1. The van der Waals surface area contributed by atoms with E-state index >= 15 is 0 Å². The fourth-order valence-electron chi connectivity index (χ4n) is 6.70. The number of aromatic hydroxyl groups is 2. The molecular formula is C41H37Br2FeK3N8O8. The average Bonchev–Trinajstić information content (AvgIpc) is 3.58. The molecule has 16 nitrogen and oxygen atoms in total. The number of phenolic OH excluding ortho intramolecular Hbond substituents is 2. The molecule has 2 amide bonds. The third-order valence-electron chi connectivity index (χ3n) is 8.92. The monoisotopic (exact) mass is 1100 g/mol. The van der Waals surface area contributed by atoms with Gasteiger partial charge in [-0.25, -0.2) is 0 Å². The van der Waals surface area contributed by atoms with Crippen LogP contribution < -0.4 is 77.1 Å². The van der Waals surface area contributed by atoms with Crippen molar-refractivity contribution in [2.45, 2.75) is 62.4 Å². The van der Waals surface area contributed by atoms with Crippen LogP contribution in [0.2, 0.25) is 0 Å². The number of phenols is 2. The van der Waals surface area contributed by atoms with Crippen LogP contribution in [0.3, 0.4) is 0 Å². The summed E-state index contributed by atoms with van der Waals surface area (Å²) in [4.78, 5) is 35.9. The van der Waals surface area contributed by atoms with Crippen LogP contribution in [0.4, 0.5) is 0 Å². The predicted molar refractivity (Wildman–Crippen MR) is 224 cm³/mol. The molecule has 0 saturated heterocycles. The van der Waals surface area contributed by atoms with Crippen LogP contribution in [-0.2, 0) is 37.9 Å². The molecule has 1 heterocycles. The maximum atomic E-state index is 12.0. The number of rotatable bonds is 9. The molecule has 314 valence electrons. The Bertz CT molecular complexity index is 2030. The van der Waals surface area contributed by atoms with Gasteiger partial charge in [-0.15, -0.1) is 0 Å². The molecule has 63 heavy (non-hydrogen) atoms. The number of hydrogen-bond donors (Lipinski definition) is 4. The standard InChI is InChI=1S/C18H20BrNO4.C17H16BrNO4.6CN.Fe.3K.H/c1-24-17-10-15(19)14(9-16(17)22)13(18(20)23)4-2-3-11-5-7-12(21)8-6-11;1-22-12-6-10(18)14-9(17(19)21)3-2-7-4-8(20)5-11-13(7)15(14)16(12)23-11;6*1-2;;;;;/h5-10,13,21-22H,2-4H2,1H3,(H2,20,23);4,6,9,11,13H,2-3,5H2,1H3,(H2,19,21);;;;;;;;;;;/q;;6*-1;+6;;;+1;-1. The Labute approximate surface area is 485 Å². The summed E-state index contributed by atoms with van der Waals surface area (Å²) in [6.45, 7) is 28.5. The van der Waals surface area contributed by atoms with Gasteiger partial charge in [0.15, 0.2) is 28.8 Å². The van der Waals surface area contributed by atoms with Crippen molar-refractivity contribution in [1.29, 1.82) is 31.6 Å². The molecule has 2 aliphatic carbocycles. The number of ether oxygens (including phenoxy) is 3. The molecule has 0 radical (unpaired) electrons. The van der Waals surface area contributed by atoms with E-state index in [-0.39, 0.29) is 105 Å². The summed E-state index contributed by atoms with van der Waals surface area (Å²) in [5.74, 6) is 0.181. The molecule has 22 heteroatoms. The molecule has 4 unspecified atom stereocenters. The summed E-state index contributed by atoms with van der Waals surface area (Å²) < 4.78 is 18.0. The van der Waals surface area contributed by atoms with E-state index in [1.165, 1.54) is 76.3 Å². The first kappa shape index (κ1) is 70.4. The van der Waals surface area contributed by atoms with Gasteiger partial charge in [-0.05, 0) is 85.2 Å². The first-order chi connectivity index (χ1) is 29.4. The molecule has 6 rings (SSSR count). The number of nitrogens with two attached hydrogens (primary N) is 2. The number of amides is 2. The number of carbonyl (C=O) groups is 3. The molecule has 3 aliphatic rings. The Balaban J connectivity index is -0.000000199. The van der Waals surface area contributed by atoms with Crippen molar-refractivity contribution in [3.8, 4) is 28.7 Å². The van der Waals surface area contributed by atoms with E-state index in [1.54, 1.807) is 31.4 Å². The van der Waals surface area contributed by atoms with Gasteiger partial charge in [0.1, 0.15) is 11.9 Å². The van der Waals surface area contributed by atoms with Gasteiger partial charge in [-0.3, -0.25) is 14.4 Å². The number of benzene rings is 3. The fourth-order valence-corrected chi connectivity index (χ4v) is 8.00. The van der Waals surface area contributed by atoms with Gasteiger partial charge < -0.3 is 108 Å². The molecule has 6 N–H and O–H groups in total. The van der Waals surface area contributed by atoms with E-state index in [1.807, 2.05) is 18.2 Å². The van der Waals surface area contributed by atoms with Crippen molar-refractivity contribution in [3.05, 3.63) is 125 Å². The Morgan fingerprint density at radius 1 is 0.873 bits per heavy atom. The summed E-state index contributed by atoms with van der Waals surface area (Å²) in [7, 11) is 3.05. The van der Waals surface area contributed by atoms with Gasteiger partial charge in [-0.2, -0.15) is 0 Å². The topological polar surface area (TPSA) is 314 Å². The van der Waals surface area contributed by atoms with Crippen LogP contribution in [0.25, 0.3) is 0 Å². The van der Waals surface area contributed by atoms with E-state index in [9.17, 15) is 24.6 Å². The number of primary amides is 2. The molecular weight excluding hydrogens is 1070 g/mol. The second-order valence-corrected chi connectivity index (χ2v) is 13.5. The second kappa shape index (κ2) is 40.6. The predicted octanol–water partition coefficient (Wildman–Crippen LogP) is 2.96. The average molecular weight is 1100 g/mol. The summed E-state index contributed by atoms with van der Waals surface area (Å²) in [5, 5.41) is 56.7. The summed E-state index contributed by atoms with van der Waals surface area (Å²) >= 11 is 9.48. The molecule has 3 aromatic rings. The molecule has 0 saturated carbocycles. The third kappa shape index (κ3) is 20.8. The Morgan fingerprint density at radius 3 is 1.86 bits per heavy atom. The van der Waals surface area contributed by atoms with Crippen molar-refractivity contribution in [1.82, 2.24) is 0 Å². The van der Waals surface area contributed by atoms with Crippen LogP contribution in [0.1, 0.15) is 73.5 Å². The van der Waals surface area contributed by atoms with Crippen LogP contribution in [0, 0.1) is 71.0 Å². The molecule has 0 bridgehead atoms. The van der Waals surface area contributed by atoms with Crippen LogP contribution >= 0.6 is 31.9 Å². The van der Waals surface area contributed by atoms with Crippen molar-refractivity contribution in [2.24, 2.45) is 11.5 Å². The van der Waals surface area contributed by atoms with E-state index in [4.69, 9.17) is 96.7 Å². The zero-order valence-electron chi connectivity index (χ0n) is 36.0. The van der Waals surface area contributed by atoms with Gasteiger partial charge in [0.25, 0.3) is 0 Å². The van der Waals surface area contributed by atoms with Gasteiger partial charge in [-0.1, -0.05) is 49.6 Å². The number of ketones is 1. The molecule has 0 fully saturated rings. The molecule has 4 atom stereocenters. The summed E-state index contributed by atoms with van der Waals surface area (Å²) in [5.41, 5.74) is 15.8. The van der Waals surface area contributed by atoms with E-state index < -0.39 is 17.7 Å². The van der Waals surface area contributed by atoms with Crippen molar-refractivity contribution in [2.75, 3.05) is 14.2 Å². The zero-order valence-corrected chi connectivity index (χ0v) is 48.6. The van der Waals surface area contributed by atoms with E-state index in [2.05, 4.69) is 31.9 Å². The molecule has 3 aromatic carbocycles. The van der Waals surface area contributed by atoms with Gasteiger partial charge in [0.05, 0.1) is 26.1 Å². The minimum atomic E-state index is -0.506. The van der Waals surface area contributed by atoms with Crippen LogP contribution in [0.15, 0.2) is 63.1 Å². The van der Waals surface area contributed by atoms with Crippen molar-refractivity contribution in [3.63, 3.8) is 0 Å². The van der Waals surface area contributed by atoms with Gasteiger partial charge in [0.2, 0.25) is 11.8 Å². The number of carbonyl (C=O) groups excluding carboxylic acids is 3. The maximum absolute atomic E-state index is 12.0. The number of halogens is 2. The van der Waals surface area contributed by atoms with E-state index in [0.717, 1.165) is 39.6 Å². The van der Waals surface area contributed by atoms with Gasteiger partial charge >= 0.3 is 132 Å². The number of methoxy groups -OCH3 is 2. The Kier molecular flexibility index (Phi) is 45.3. The molecule has 0 spiro atoms. The van der Waals surface area contributed by atoms with Crippen molar-refractivity contribution < 1.29 is 109 Å². The second-order valence-electron chi connectivity index (χ2n) is 11.8. The summed E-state index contributed by atoms with van der Waals surface area (Å²) in [6, 6.07) is 11.9. The molecule has 1 aliphatic heterocycles. The van der Waals surface area contributed by atoms with Crippen molar-refractivity contribution >= 4 is 113 Å². The Hall–Kier alpha value is -1.66. The quantitative estimate of drug-likeness (QED) is 0.177. The van der Waals surface area contributed by atoms with Gasteiger partial charge in [0, 0.05) is 26.8 Å². The normalized spacial score (nSPS) is 15.0.